The molecule has 2 N–H and O–H groups in total. The Hall–Kier alpha value is -1.27. The van der Waals surface area contributed by atoms with Gasteiger partial charge in [-0.15, -0.1) is 0 Å². The molecule has 0 bridgehead atoms. The lowest BCUT2D eigenvalue weighted by atomic mass is 9.90. The fraction of sp³-hybridized carbons (Fsp3) is 0.643. The number of rotatable bonds is 6. The van der Waals surface area contributed by atoms with Crippen LogP contribution in [-0.2, 0) is 13.0 Å². The van der Waals surface area contributed by atoms with Gasteiger partial charge in [-0.25, -0.2) is 0 Å². The van der Waals surface area contributed by atoms with E-state index in [0.29, 0.717) is 0 Å². The number of nitriles is 1. The van der Waals surface area contributed by atoms with E-state index in [-0.39, 0.29) is 11.5 Å². The van der Waals surface area contributed by atoms with Crippen LogP contribution in [0, 0.1) is 16.7 Å². The Labute approximate surface area is 104 Å². The zero-order valence-electron chi connectivity index (χ0n) is 11.1. The van der Waals surface area contributed by atoms with Crippen molar-refractivity contribution in [2.45, 2.75) is 52.6 Å². The molecule has 1 atom stereocenters. The molecule has 17 heavy (non-hydrogen) atoms. The topological polar surface area (TPSA) is 54.7 Å². The van der Waals surface area contributed by atoms with Crippen molar-refractivity contribution >= 4 is 0 Å². The van der Waals surface area contributed by atoms with Crippen LogP contribution in [0.2, 0.25) is 0 Å². The number of aryl methyl sites for hydroxylation is 1. The molecule has 94 valence electrons. The van der Waals surface area contributed by atoms with E-state index in [1.165, 1.54) is 5.69 Å². The quantitative estimate of drug-likeness (QED) is 0.821. The van der Waals surface area contributed by atoms with Crippen LogP contribution in [0.25, 0.3) is 0 Å². The standard InChI is InChI=1S/C14H23N3/c1-12(16)10-13-6-4-8-17(13)9-5-7-14(2,3)11-15/h4,6,8,12H,5,7,9-10,16H2,1-3H3. The summed E-state index contributed by atoms with van der Waals surface area (Å²) in [7, 11) is 0. The summed E-state index contributed by atoms with van der Waals surface area (Å²) in [5, 5.41) is 8.95. The van der Waals surface area contributed by atoms with Crippen LogP contribution in [0.3, 0.4) is 0 Å². The van der Waals surface area contributed by atoms with Gasteiger partial charge < -0.3 is 10.3 Å². The van der Waals surface area contributed by atoms with Crippen LogP contribution < -0.4 is 5.73 Å². The maximum Gasteiger partial charge on any atom is 0.0683 e. The molecule has 3 heteroatoms. The lowest BCUT2D eigenvalue weighted by Gasteiger charge is -2.16. The van der Waals surface area contributed by atoms with E-state index in [4.69, 9.17) is 11.0 Å². The van der Waals surface area contributed by atoms with Gasteiger partial charge in [0.25, 0.3) is 0 Å². The molecule has 1 unspecified atom stereocenters. The first-order valence-electron chi connectivity index (χ1n) is 6.25. The van der Waals surface area contributed by atoms with E-state index < -0.39 is 0 Å². The molecular weight excluding hydrogens is 210 g/mol. The average molecular weight is 233 g/mol. The zero-order chi connectivity index (χ0) is 12.9. The van der Waals surface area contributed by atoms with Crippen LogP contribution >= 0.6 is 0 Å². The van der Waals surface area contributed by atoms with E-state index in [0.717, 1.165) is 25.8 Å². The van der Waals surface area contributed by atoms with Crippen molar-refractivity contribution in [3.63, 3.8) is 0 Å². The Morgan fingerprint density at radius 3 is 2.82 bits per heavy atom. The van der Waals surface area contributed by atoms with Crippen molar-refractivity contribution < 1.29 is 0 Å². The third-order valence-electron chi connectivity index (χ3n) is 2.96. The summed E-state index contributed by atoms with van der Waals surface area (Å²) in [4.78, 5) is 0. The van der Waals surface area contributed by atoms with Gasteiger partial charge in [-0.05, 0) is 45.7 Å². The fourth-order valence-corrected chi connectivity index (χ4v) is 1.93. The van der Waals surface area contributed by atoms with Crippen LogP contribution in [0.1, 0.15) is 39.3 Å². The van der Waals surface area contributed by atoms with Crippen molar-refractivity contribution in [1.29, 1.82) is 5.26 Å². The van der Waals surface area contributed by atoms with Gasteiger partial charge in [0.15, 0.2) is 0 Å². The first-order chi connectivity index (χ1) is 7.94. The van der Waals surface area contributed by atoms with Crippen molar-refractivity contribution in [3.05, 3.63) is 24.0 Å². The molecule has 0 amide bonds. The number of hydrogen-bond acceptors (Lipinski definition) is 2. The van der Waals surface area contributed by atoms with Crippen LogP contribution in [0.4, 0.5) is 0 Å². The highest BCUT2D eigenvalue weighted by Gasteiger charge is 2.15. The Kier molecular flexibility index (Phi) is 4.77. The summed E-state index contributed by atoms with van der Waals surface area (Å²) in [5.74, 6) is 0. The zero-order valence-corrected chi connectivity index (χ0v) is 11.1. The number of hydrogen-bond donors (Lipinski definition) is 1. The summed E-state index contributed by atoms with van der Waals surface area (Å²) in [6, 6.07) is 6.72. The smallest absolute Gasteiger partial charge is 0.0683 e. The molecule has 0 aliphatic carbocycles. The Morgan fingerprint density at radius 1 is 1.53 bits per heavy atom. The minimum Gasteiger partial charge on any atom is -0.351 e. The lowest BCUT2D eigenvalue weighted by Crippen LogP contribution is -2.20. The number of nitrogens with two attached hydrogens (primary N) is 1. The molecule has 3 nitrogen and oxygen atoms in total. The van der Waals surface area contributed by atoms with E-state index in [1.807, 2.05) is 20.8 Å². The highest BCUT2D eigenvalue weighted by atomic mass is 15.0. The minimum absolute atomic E-state index is 0.194. The summed E-state index contributed by atoms with van der Waals surface area (Å²) >= 11 is 0. The molecule has 1 aromatic rings. The molecule has 1 aromatic heterocycles. The molecular formula is C14H23N3. The van der Waals surface area contributed by atoms with Gasteiger partial charge >= 0.3 is 0 Å². The molecule has 0 radical (unpaired) electrons. The first-order valence-corrected chi connectivity index (χ1v) is 6.25. The maximum absolute atomic E-state index is 8.95. The number of nitrogens with zero attached hydrogens (tertiary/aromatic N) is 2. The molecule has 0 saturated carbocycles. The highest BCUT2D eigenvalue weighted by Crippen LogP contribution is 2.21. The fourth-order valence-electron chi connectivity index (χ4n) is 1.93. The molecule has 0 aromatic carbocycles. The third-order valence-corrected chi connectivity index (χ3v) is 2.96. The molecule has 0 aliphatic rings. The van der Waals surface area contributed by atoms with Crippen molar-refractivity contribution in [2.75, 3.05) is 0 Å². The molecule has 0 fully saturated rings. The largest absolute Gasteiger partial charge is 0.351 e. The van der Waals surface area contributed by atoms with Crippen LogP contribution in [-0.4, -0.2) is 10.6 Å². The van der Waals surface area contributed by atoms with Crippen LogP contribution in [0.15, 0.2) is 18.3 Å². The molecule has 0 spiro atoms. The summed E-state index contributed by atoms with van der Waals surface area (Å²) in [5.41, 5.74) is 6.89. The average Bonchev–Trinajstić information content (AvgIpc) is 2.65. The van der Waals surface area contributed by atoms with Gasteiger partial charge in [0.05, 0.1) is 11.5 Å². The number of aromatic nitrogens is 1. The SMILES string of the molecule is CC(N)Cc1cccn1CCCC(C)(C)C#N. The van der Waals surface area contributed by atoms with Gasteiger partial charge in [-0.3, -0.25) is 0 Å². The van der Waals surface area contributed by atoms with Crippen molar-refractivity contribution in [1.82, 2.24) is 4.57 Å². The molecule has 0 saturated heterocycles. The maximum atomic E-state index is 8.95. The summed E-state index contributed by atoms with van der Waals surface area (Å²) in [6.45, 7) is 6.98. The van der Waals surface area contributed by atoms with E-state index in [2.05, 4.69) is 29.0 Å². The van der Waals surface area contributed by atoms with Gasteiger partial charge in [0, 0.05) is 30.9 Å². The first kappa shape index (κ1) is 13.8. The molecule has 0 aliphatic heterocycles. The molecule has 1 heterocycles. The van der Waals surface area contributed by atoms with Crippen molar-refractivity contribution in [2.24, 2.45) is 11.1 Å². The predicted molar refractivity (Wildman–Crippen MR) is 70.4 cm³/mol. The predicted octanol–water partition coefficient (Wildman–Crippen LogP) is 2.71. The van der Waals surface area contributed by atoms with E-state index in [1.54, 1.807) is 0 Å². The Bertz CT molecular complexity index is 382. The third kappa shape index (κ3) is 4.62. The summed E-state index contributed by atoms with van der Waals surface area (Å²) in [6.07, 6.45) is 4.96. The normalized spacial score (nSPS) is 13.4. The second kappa shape index (κ2) is 5.88. The molecule has 1 rings (SSSR count). The van der Waals surface area contributed by atoms with E-state index in [9.17, 15) is 0 Å². The summed E-state index contributed by atoms with van der Waals surface area (Å²) < 4.78 is 2.25. The van der Waals surface area contributed by atoms with Crippen molar-refractivity contribution in [3.8, 4) is 6.07 Å². The van der Waals surface area contributed by atoms with E-state index >= 15 is 0 Å². The monoisotopic (exact) mass is 233 g/mol. The highest BCUT2D eigenvalue weighted by molar-refractivity contribution is 5.08. The van der Waals surface area contributed by atoms with Gasteiger partial charge in [-0.2, -0.15) is 5.26 Å². The lowest BCUT2D eigenvalue weighted by molar-refractivity contribution is 0.413. The van der Waals surface area contributed by atoms with Gasteiger partial charge in [0.1, 0.15) is 0 Å². The second-order valence-corrected chi connectivity index (χ2v) is 5.47. The Balaban J connectivity index is 2.47. The second-order valence-electron chi connectivity index (χ2n) is 5.47. The Morgan fingerprint density at radius 2 is 2.24 bits per heavy atom. The van der Waals surface area contributed by atoms with Gasteiger partial charge in [-0.1, -0.05) is 0 Å². The minimum atomic E-state index is -0.214. The van der Waals surface area contributed by atoms with Crippen LogP contribution in [0.5, 0.6) is 0 Å². The van der Waals surface area contributed by atoms with Gasteiger partial charge in [0.2, 0.25) is 0 Å².